The Labute approximate surface area is 127 Å². The summed E-state index contributed by atoms with van der Waals surface area (Å²) >= 11 is 12.0. The molecule has 2 aromatic carbocycles. The molecule has 0 aliphatic heterocycles. The summed E-state index contributed by atoms with van der Waals surface area (Å²) in [4.78, 5) is 0. The van der Waals surface area contributed by atoms with Crippen molar-refractivity contribution >= 4 is 23.2 Å². The molecule has 102 valence electrons. The number of ether oxygens (including phenoxy) is 1. The van der Waals surface area contributed by atoms with Crippen molar-refractivity contribution in [1.82, 2.24) is 0 Å². The van der Waals surface area contributed by atoms with Gasteiger partial charge in [0.2, 0.25) is 0 Å². The van der Waals surface area contributed by atoms with E-state index in [0.29, 0.717) is 28.0 Å². The first-order chi connectivity index (χ1) is 9.63. The van der Waals surface area contributed by atoms with Gasteiger partial charge >= 0.3 is 0 Å². The standard InChI is InChI=1S/C15H12Cl2N2O/c16-13-5-12(8-19)15(14(17)6-13)20-9-11-3-1-2-10(4-11)7-18/h1-6H,8-9,19H2. The largest absolute Gasteiger partial charge is 0.487 e. The van der Waals surface area contributed by atoms with Gasteiger partial charge in [-0.3, -0.25) is 0 Å². The van der Waals surface area contributed by atoms with Crippen molar-refractivity contribution in [3.8, 4) is 11.8 Å². The van der Waals surface area contributed by atoms with Crippen molar-refractivity contribution in [3.63, 3.8) is 0 Å². The fraction of sp³-hybridized carbons (Fsp3) is 0.133. The van der Waals surface area contributed by atoms with Crippen LogP contribution in [0, 0.1) is 11.3 Å². The van der Waals surface area contributed by atoms with E-state index in [4.69, 9.17) is 38.9 Å². The monoisotopic (exact) mass is 306 g/mol. The first-order valence-electron chi connectivity index (χ1n) is 5.94. The number of nitrogens with zero attached hydrogens (tertiary/aromatic N) is 1. The lowest BCUT2D eigenvalue weighted by Gasteiger charge is -2.13. The van der Waals surface area contributed by atoms with Crippen molar-refractivity contribution < 1.29 is 4.74 Å². The average Bonchev–Trinajstić information content (AvgIpc) is 2.45. The highest BCUT2D eigenvalue weighted by Gasteiger charge is 2.10. The van der Waals surface area contributed by atoms with E-state index in [1.54, 1.807) is 24.3 Å². The summed E-state index contributed by atoms with van der Waals surface area (Å²) in [5.74, 6) is 0.529. The van der Waals surface area contributed by atoms with Crippen LogP contribution in [0.25, 0.3) is 0 Å². The molecule has 0 spiro atoms. The molecule has 0 saturated heterocycles. The maximum absolute atomic E-state index is 8.86. The Morgan fingerprint density at radius 3 is 2.70 bits per heavy atom. The van der Waals surface area contributed by atoms with Crippen LogP contribution in [-0.2, 0) is 13.2 Å². The number of hydrogen-bond donors (Lipinski definition) is 1. The number of hydrogen-bond acceptors (Lipinski definition) is 3. The Hall–Kier alpha value is -1.73. The molecular weight excluding hydrogens is 295 g/mol. The van der Waals surface area contributed by atoms with Crippen LogP contribution in [0.5, 0.6) is 5.75 Å². The summed E-state index contributed by atoms with van der Waals surface area (Å²) in [6, 6.07) is 12.6. The minimum atomic E-state index is 0.286. The zero-order valence-electron chi connectivity index (χ0n) is 10.6. The number of halogens is 2. The van der Waals surface area contributed by atoms with Gasteiger partial charge in [-0.2, -0.15) is 5.26 Å². The smallest absolute Gasteiger partial charge is 0.142 e. The third-order valence-electron chi connectivity index (χ3n) is 2.74. The first kappa shape index (κ1) is 14.7. The molecule has 3 nitrogen and oxygen atoms in total. The van der Waals surface area contributed by atoms with Crippen LogP contribution < -0.4 is 10.5 Å². The summed E-state index contributed by atoms with van der Waals surface area (Å²) in [6.07, 6.45) is 0. The molecular formula is C15H12Cl2N2O. The number of benzene rings is 2. The highest BCUT2D eigenvalue weighted by Crippen LogP contribution is 2.32. The van der Waals surface area contributed by atoms with Crippen LogP contribution in [0.4, 0.5) is 0 Å². The third kappa shape index (κ3) is 3.43. The minimum Gasteiger partial charge on any atom is -0.487 e. The van der Waals surface area contributed by atoms with Gasteiger partial charge in [-0.05, 0) is 29.8 Å². The molecule has 0 fully saturated rings. The van der Waals surface area contributed by atoms with E-state index in [-0.39, 0.29) is 6.54 Å². The molecule has 0 amide bonds. The lowest BCUT2D eigenvalue weighted by Crippen LogP contribution is -2.03. The number of nitrogens with two attached hydrogens (primary N) is 1. The number of nitriles is 1. The maximum Gasteiger partial charge on any atom is 0.142 e. The summed E-state index contributed by atoms with van der Waals surface area (Å²) < 4.78 is 5.72. The van der Waals surface area contributed by atoms with Gasteiger partial charge in [-0.15, -0.1) is 0 Å². The highest BCUT2D eigenvalue weighted by molar-refractivity contribution is 6.35. The van der Waals surface area contributed by atoms with Gasteiger partial charge in [0.1, 0.15) is 12.4 Å². The van der Waals surface area contributed by atoms with E-state index in [1.165, 1.54) is 0 Å². The molecule has 2 aromatic rings. The normalized spacial score (nSPS) is 10.1. The molecule has 0 atom stereocenters. The molecule has 0 saturated carbocycles. The van der Waals surface area contributed by atoms with Gasteiger partial charge in [0.15, 0.2) is 0 Å². The van der Waals surface area contributed by atoms with E-state index in [9.17, 15) is 0 Å². The Balaban J connectivity index is 2.20. The summed E-state index contributed by atoms with van der Waals surface area (Å²) in [7, 11) is 0. The van der Waals surface area contributed by atoms with Crippen LogP contribution in [-0.4, -0.2) is 0 Å². The molecule has 20 heavy (non-hydrogen) atoms. The zero-order chi connectivity index (χ0) is 14.5. The van der Waals surface area contributed by atoms with Crippen molar-refractivity contribution in [1.29, 1.82) is 5.26 Å². The van der Waals surface area contributed by atoms with E-state index >= 15 is 0 Å². The van der Waals surface area contributed by atoms with E-state index in [2.05, 4.69) is 6.07 Å². The number of rotatable bonds is 4. The molecule has 0 heterocycles. The molecule has 2 rings (SSSR count). The van der Waals surface area contributed by atoms with E-state index in [1.807, 2.05) is 12.1 Å². The SMILES string of the molecule is N#Cc1cccc(COc2c(Cl)cc(Cl)cc2CN)c1. The predicted molar refractivity (Wildman–Crippen MR) is 79.8 cm³/mol. The summed E-state index contributed by atoms with van der Waals surface area (Å²) in [6.45, 7) is 0.595. The lowest BCUT2D eigenvalue weighted by molar-refractivity contribution is 0.303. The van der Waals surface area contributed by atoms with Gasteiger partial charge in [0, 0.05) is 17.1 Å². The molecule has 0 radical (unpaired) electrons. The topological polar surface area (TPSA) is 59.0 Å². The second kappa shape index (κ2) is 6.62. The molecule has 0 aliphatic rings. The van der Waals surface area contributed by atoms with Crippen molar-refractivity contribution in [2.45, 2.75) is 13.2 Å². The van der Waals surface area contributed by atoms with Crippen molar-refractivity contribution in [3.05, 3.63) is 63.1 Å². The third-order valence-corrected chi connectivity index (χ3v) is 3.24. The predicted octanol–water partition coefficient (Wildman–Crippen LogP) is 3.90. The van der Waals surface area contributed by atoms with Crippen LogP contribution in [0.15, 0.2) is 36.4 Å². The van der Waals surface area contributed by atoms with Crippen molar-refractivity contribution in [2.24, 2.45) is 5.73 Å². The maximum atomic E-state index is 8.86. The van der Waals surface area contributed by atoms with Crippen LogP contribution in [0.2, 0.25) is 10.0 Å². The molecule has 5 heteroatoms. The van der Waals surface area contributed by atoms with Gasteiger partial charge in [0.25, 0.3) is 0 Å². The van der Waals surface area contributed by atoms with Gasteiger partial charge in [0.05, 0.1) is 16.7 Å². The van der Waals surface area contributed by atoms with Gasteiger partial charge < -0.3 is 10.5 Å². The second-order valence-electron chi connectivity index (χ2n) is 4.18. The second-order valence-corrected chi connectivity index (χ2v) is 5.02. The quantitative estimate of drug-likeness (QED) is 0.932. The first-order valence-corrected chi connectivity index (χ1v) is 6.69. The van der Waals surface area contributed by atoms with Crippen LogP contribution >= 0.6 is 23.2 Å². The van der Waals surface area contributed by atoms with E-state index in [0.717, 1.165) is 11.1 Å². The van der Waals surface area contributed by atoms with Crippen LogP contribution in [0.1, 0.15) is 16.7 Å². The fourth-order valence-corrected chi connectivity index (χ4v) is 2.40. The Morgan fingerprint density at radius 2 is 2.00 bits per heavy atom. The Kier molecular flexibility index (Phi) is 4.86. The lowest BCUT2D eigenvalue weighted by atomic mass is 10.1. The molecule has 0 aromatic heterocycles. The van der Waals surface area contributed by atoms with Crippen LogP contribution in [0.3, 0.4) is 0 Å². The summed E-state index contributed by atoms with van der Waals surface area (Å²) in [5, 5.41) is 9.81. The zero-order valence-corrected chi connectivity index (χ0v) is 12.1. The highest BCUT2D eigenvalue weighted by atomic mass is 35.5. The van der Waals surface area contributed by atoms with Gasteiger partial charge in [-0.1, -0.05) is 35.3 Å². The molecule has 2 N–H and O–H groups in total. The Morgan fingerprint density at radius 1 is 1.20 bits per heavy atom. The fourth-order valence-electron chi connectivity index (χ4n) is 1.81. The minimum absolute atomic E-state index is 0.286. The molecule has 0 unspecified atom stereocenters. The van der Waals surface area contributed by atoms with Gasteiger partial charge in [-0.25, -0.2) is 0 Å². The Bertz CT molecular complexity index is 665. The van der Waals surface area contributed by atoms with Crippen molar-refractivity contribution in [2.75, 3.05) is 0 Å². The molecule has 0 aliphatic carbocycles. The average molecular weight is 307 g/mol. The van der Waals surface area contributed by atoms with E-state index < -0.39 is 0 Å². The summed E-state index contributed by atoms with van der Waals surface area (Å²) in [5.41, 5.74) is 7.89. The molecule has 0 bridgehead atoms.